The molecule has 0 spiro atoms. The van der Waals surface area contributed by atoms with Crippen LogP contribution in [-0.4, -0.2) is 41.6 Å². The standard InChI is InChI=1S/C27H30N2O2/c1-19-25-9-8-23(18-24(25)10-13-28-19)22-6-4-20(5-7-22)17-21-11-14-29(15-12-21)27(30)26-3-2-16-31-26/h4-10,13,18,21,26H,2-3,11-12,14-17H2,1H3/t26-/m1/s1. The summed E-state index contributed by atoms with van der Waals surface area (Å²) in [5, 5.41) is 2.45. The van der Waals surface area contributed by atoms with E-state index in [4.69, 9.17) is 4.74 Å². The minimum Gasteiger partial charge on any atom is -0.368 e. The van der Waals surface area contributed by atoms with Crippen molar-refractivity contribution in [2.24, 2.45) is 5.92 Å². The van der Waals surface area contributed by atoms with Gasteiger partial charge in [0, 0.05) is 37.0 Å². The molecule has 1 amide bonds. The van der Waals surface area contributed by atoms with Crippen molar-refractivity contribution in [1.29, 1.82) is 0 Å². The molecule has 2 fully saturated rings. The number of carbonyl (C=O) groups excluding carboxylic acids is 1. The molecule has 0 radical (unpaired) electrons. The first-order chi connectivity index (χ1) is 15.2. The van der Waals surface area contributed by atoms with Crippen molar-refractivity contribution in [3.8, 4) is 11.1 Å². The van der Waals surface area contributed by atoms with Crippen LogP contribution in [0.3, 0.4) is 0 Å². The Bertz CT molecular complexity index is 1060. The number of hydrogen-bond acceptors (Lipinski definition) is 3. The molecule has 160 valence electrons. The number of nitrogens with zero attached hydrogens (tertiary/aromatic N) is 2. The fourth-order valence-electron chi connectivity index (χ4n) is 5.01. The van der Waals surface area contributed by atoms with Gasteiger partial charge >= 0.3 is 0 Å². The summed E-state index contributed by atoms with van der Waals surface area (Å²) >= 11 is 0. The average Bonchev–Trinajstić information content (AvgIpc) is 3.35. The molecule has 0 saturated carbocycles. The summed E-state index contributed by atoms with van der Waals surface area (Å²) in [6, 6.07) is 17.7. The van der Waals surface area contributed by atoms with Crippen LogP contribution in [-0.2, 0) is 16.0 Å². The molecule has 0 N–H and O–H groups in total. The lowest BCUT2D eigenvalue weighted by Gasteiger charge is -2.33. The average molecular weight is 415 g/mol. The van der Waals surface area contributed by atoms with Gasteiger partial charge in [0.2, 0.25) is 0 Å². The van der Waals surface area contributed by atoms with Gasteiger partial charge in [0.05, 0.1) is 0 Å². The Labute approximate surface area is 184 Å². The van der Waals surface area contributed by atoms with Crippen molar-refractivity contribution in [3.05, 3.63) is 66.0 Å². The summed E-state index contributed by atoms with van der Waals surface area (Å²) in [6.45, 7) is 4.53. The van der Waals surface area contributed by atoms with Crippen molar-refractivity contribution in [3.63, 3.8) is 0 Å². The first kappa shape index (κ1) is 20.2. The number of aromatic nitrogens is 1. The minimum absolute atomic E-state index is 0.181. The number of fused-ring (bicyclic) bond motifs is 1. The predicted molar refractivity (Wildman–Crippen MR) is 124 cm³/mol. The monoisotopic (exact) mass is 414 g/mol. The van der Waals surface area contributed by atoms with Crippen LogP contribution in [0, 0.1) is 12.8 Å². The molecule has 5 rings (SSSR count). The van der Waals surface area contributed by atoms with Crippen LogP contribution in [0.2, 0.25) is 0 Å². The lowest BCUT2D eigenvalue weighted by molar-refractivity contribution is -0.142. The van der Waals surface area contributed by atoms with Crippen molar-refractivity contribution in [2.75, 3.05) is 19.7 Å². The number of rotatable bonds is 4. The Morgan fingerprint density at radius 2 is 1.81 bits per heavy atom. The fraction of sp³-hybridized carbons (Fsp3) is 0.407. The molecule has 3 aromatic rings. The van der Waals surface area contributed by atoms with Crippen LogP contribution in [0.25, 0.3) is 21.9 Å². The number of amides is 1. The zero-order valence-corrected chi connectivity index (χ0v) is 18.2. The molecule has 2 aromatic carbocycles. The minimum atomic E-state index is -0.181. The van der Waals surface area contributed by atoms with Crippen LogP contribution >= 0.6 is 0 Å². The van der Waals surface area contributed by atoms with Gasteiger partial charge in [-0.2, -0.15) is 0 Å². The SMILES string of the molecule is Cc1nccc2cc(-c3ccc(CC4CCN(C(=O)[C@H]5CCCO5)CC4)cc3)ccc12. The third-order valence-corrected chi connectivity index (χ3v) is 6.91. The second-order valence-electron chi connectivity index (χ2n) is 9.00. The predicted octanol–water partition coefficient (Wildman–Crippen LogP) is 5.17. The molecule has 3 heterocycles. The number of carbonyl (C=O) groups is 1. The normalized spacial score (nSPS) is 19.8. The van der Waals surface area contributed by atoms with Crippen molar-refractivity contribution in [2.45, 2.75) is 45.1 Å². The first-order valence-corrected chi connectivity index (χ1v) is 11.5. The maximum atomic E-state index is 12.5. The zero-order valence-electron chi connectivity index (χ0n) is 18.2. The smallest absolute Gasteiger partial charge is 0.251 e. The first-order valence-electron chi connectivity index (χ1n) is 11.5. The molecule has 1 aromatic heterocycles. The molecule has 4 heteroatoms. The molecule has 31 heavy (non-hydrogen) atoms. The van der Waals surface area contributed by atoms with E-state index >= 15 is 0 Å². The van der Waals surface area contributed by atoms with E-state index in [9.17, 15) is 4.79 Å². The van der Waals surface area contributed by atoms with Gasteiger partial charge in [0.1, 0.15) is 6.10 Å². The Hall–Kier alpha value is -2.72. The molecule has 0 bridgehead atoms. The van der Waals surface area contributed by atoms with E-state index in [0.29, 0.717) is 5.92 Å². The maximum Gasteiger partial charge on any atom is 0.251 e. The Kier molecular flexibility index (Phi) is 5.73. The highest BCUT2D eigenvalue weighted by Gasteiger charge is 2.30. The Balaban J connectivity index is 1.20. The van der Waals surface area contributed by atoms with Crippen molar-refractivity contribution < 1.29 is 9.53 Å². The molecule has 4 nitrogen and oxygen atoms in total. The van der Waals surface area contributed by atoms with Crippen LogP contribution in [0.1, 0.15) is 36.9 Å². The summed E-state index contributed by atoms with van der Waals surface area (Å²) < 4.78 is 5.57. The third kappa shape index (κ3) is 4.35. The lowest BCUT2D eigenvalue weighted by atomic mass is 9.89. The maximum absolute atomic E-state index is 12.5. The molecule has 0 unspecified atom stereocenters. The molecule has 2 aliphatic heterocycles. The largest absolute Gasteiger partial charge is 0.368 e. The highest BCUT2D eigenvalue weighted by atomic mass is 16.5. The van der Waals surface area contributed by atoms with E-state index in [2.05, 4.69) is 60.4 Å². The van der Waals surface area contributed by atoms with Gasteiger partial charge in [-0.15, -0.1) is 0 Å². The van der Waals surface area contributed by atoms with E-state index in [1.165, 1.54) is 27.5 Å². The van der Waals surface area contributed by atoms with Gasteiger partial charge < -0.3 is 9.64 Å². The van der Waals surface area contributed by atoms with E-state index in [-0.39, 0.29) is 12.0 Å². The van der Waals surface area contributed by atoms with Crippen molar-refractivity contribution >= 4 is 16.7 Å². The van der Waals surface area contributed by atoms with Crippen LogP contribution in [0.5, 0.6) is 0 Å². The summed E-state index contributed by atoms with van der Waals surface area (Å²) in [5.74, 6) is 0.859. The van der Waals surface area contributed by atoms with Crippen LogP contribution in [0.4, 0.5) is 0 Å². The van der Waals surface area contributed by atoms with Gasteiger partial charge in [-0.3, -0.25) is 9.78 Å². The van der Waals surface area contributed by atoms with Gasteiger partial charge in [-0.25, -0.2) is 0 Å². The lowest BCUT2D eigenvalue weighted by Crippen LogP contribution is -2.44. The molecule has 1 atom stereocenters. The van der Waals surface area contributed by atoms with E-state index < -0.39 is 0 Å². The number of pyridine rings is 1. The van der Waals surface area contributed by atoms with Crippen molar-refractivity contribution in [1.82, 2.24) is 9.88 Å². The van der Waals surface area contributed by atoms with Crippen LogP contribution in [0.15, 0.2) is 54.7 Å². The van der Waals surface area contributed by atoms with Gasteiger partial charge in [0.25, 0.3) is 5.91 Å². The topological polar surface area (TPSA) is 42.4 Å². The van der Waals surface area contributed by atoms with Gasteiger partial charge in [-0.05, 0) is 79.2 Å². The summed E-state index contributed by atoms with van der Waals surface area (Å²) in [6.07, 6.45) is 6.85. The molecular weight excluding hydrogens is 384 g/mol. The zero-order chi connectivity index (χ0) is 21.2. The number of aryl methyl sites for hydroxylation is 1. The Morgan fingerprint density at radius 3 is 2.55 bits per heavy atom. The molecular formula is C27H30N2O2. The number of benzene rings is 2. The number of likely N-dealkylation sites (tertiary alicyclic amines) is 1. The van der Waals surface area contributed by atoms with Gasteiger partial charge in [0.15, 0.2) is 0 Å². The highest BCUT2D eigenvalue weighted by Crippen LogP contribution is 2.28. The third-order valence-electron chi connectivity index (χ3n) is 6.91. The molecule has 2 aliphatic rings. The van der Waals surface area contributed by atoms with Crippen LogP contribution < -0.4 is 0 Å². The second-order valence-corrected chi connectivity index (χ2v) is 9.00. The summed E-state index contributed by atoms with van der Waals surface area (Å²) in [4.78, 5) is 18.9. The molecule has 0 aliphatic carbocycles. The van der Waals surface area contributed by atoms with E-state index in [1.54, 1.807) is 0 Å². The Morgan fingerprint density at radius 1 is 1.03 bits per heavy atom. The summed E-state index contributed by atoms with van der Waals surface area (Å²) in [7, 11) is 0. The highest BCUT2D eigenvalue weighted by molar-refractivity contribution is 5.88. The number of piperidine rings is 1. The summed E-state index contributed by atoms with van der Waals surface area (Å²) in [5.41, 5.74) is 4.94. The van der Waals surface area contributed by atoms with E-state index in [0.717, 1.165) is 57.5 Å². The van der Waals surface area contributed by atoms with E-state index in [1.807, 2.05) is 11.1 Å². The number of hydrogen-bond donors (Lipinski definition) is 0. The van der Waals surface area contributed by atoms with Gasteiger partial charge in [-0.1, -0.05) is 36.4 Å². The second kappa shape index (κ2) is 8.80. The quantitative estimate of drug-likeness (QED) is 0.591. The molecule has 2 saturated heterocycles. The number of ether oxygens (including phenoxy) is 1. The fourth-order valence-corrected chi connectivity index (χ4v) is 5.01.